The molecule has 0 aromatic rings. The Hall–Kier alpha value is 0.990. The minimum atomic E-state index is 0.388. The zero-order valence-corrected chi connectivity index (χ0v) is 6.28. The van der Waals surface area contributed by atoms with Gasteiger partial charge in [0.15, 0.2) is 0 Å². The number of hydrogen-bond donors (Lipinski definition) is 0. The second-order valence-electron chi connectivity index (χ2n) is 1.47. The first-order valence-electron chi connectivity index (χ1n) is 2.32. The average molecular weight is 155 g/mol. The van der Waals surface area contributed by atoms with E-state index in [1.54, 1.807) is 10.8 Å². The van der Waals surface area contributed by atoms with E-state index in [2.05, 4.69) is 0 Å². The molecule has 1 aliphatic heterocycles. The summed E-state index contributed by atoms with van der Waals surface area (Å²) in [6, 6.07) is 0. The van der Waals surface area contributed by atoms with E-state index in [0.29, 0.717) is 4.71 Å². The predicted molar refractivity (Wildman–Crippen MR) is 38.9 cm³/mol. The molecule has 0 aromatic heterocycles. The Kier molecular flexibility index (Phi) is 2.71. The predicted octanol–water partition coefficient (Wildman–Crippen LogP) is 2.73. The number of hydrogen-bond acceptors (Lipinski definition) is 2. The van der Waals surface area contributed by atoms with Crippen molar-refractivity contribution in [1.29, 1.82) is 0 Å². The summed E-state index contributed by atoms with van der Waals surface area (Å²) in [7, 11) is 3.69. The van der Waals surface area contributed by atoms with Gasteiger partial charge >= 0.3 is 0 Å². The van der Waals surface area contributed by atoms with E-state index in [4.69, 9.17) is 11.6 Å². The minimum Gasteiger partial charge on any atom is -0.110 e. The molecule has 3 heteroatoms. The van der Waals surface area contributed by atoms with Crippen molar-refractivity contribution in [2.45, 2.75) is 17.6 Å². The third-order valence-corrected chi connectivity index (χ3v) is 4.27. The van der Waals surface area contributed by atoms with Crippen LogP contribution in [-0.2, 0) is 0 Å². The number of alkyl halides is 1. The summed E-state index contributed by atoms with van der Waals surface area (Å²) in [5.41, 5.74) is 0. The van der Waals surface area contributed by atoms with E-state index >= 15 is 0 Å². The Morgan fingerprint density at radius 2 is 2.43 bits per heavy atom. The van der Waals surface area contributed by atoms with Gasteiger partial charge in [0.25, 0.3) is 0 Å². The molecule has 0 saturated carbocycles. The monoisotopic (exact) mass is 154 g/mol. The highest BCUT2D eigenvalue weighted by atomic mass is 35.5. The molecule has 42 valence electrons. The Labute approximate surface area is 56.8 Å². The fraction of sp³-hybridized carbons (Fsp3) is 1.00. The third-order valence-electron chi connectivity index (χ3n) is 0.831. The van der Waals surface area contributed by atoms with Crippen LogP contribution in [0.2, 0.25) is 0 Å². The lowest BCUT2D eigenvalue weighted by molar-refractivity contribution is 0.873. The minimum absolute atomic E-state index is 0.388. The number of halogens is 1. The molecule has 0 spiro atoms. The van der Waals surface area contributed by atoms with E-state index in [9.17, 15) is 0 Å². The lowest BCUT2D eigenvalue weighted by Gasteiger charge is -2.12. The van der Waals surface area contributed by atoms with Gasteiger partial charge in [0.1, 0.15) is 0 Å². The van der Waals surface area contributed by atoms with Gasteiger partial charge in [-0.3, -0.25) is 0 Å². The van der Waals surface area contributed by atoms with Crippen LogP contribution in [-0.4, -0.2) is 10.5 Å². The molecular formula is C4H7ClS2. The van der Waals surface area contributed by atoms with Crippen LogP contribution >= 0.6 is 33.2 Å². The van der Waals surface area contributed by atoms with Crippen LogP contribution in [0.3, 0.4) is 0 Å². The molecule has 0 bridgehead atoms. The maximum Gasteiger partial charge on any atom is 0.0892 e. The lowest BCUT2D eigenvalue weighted by atomic mass is 10.4. The van der Waals surface area contributed by atoms with E-state index < -0.39 is 0 Å². The fourth-order valence-electron chi connectivity index (χ4n) is 0.473. The molecular weight excluding hydrogens is 148 g/mol. The van der Waals surface area contributed by atoms with Crippen LogP contribution in [0.5, 0.6) is 0 Å². The maximum absolute atomic E-state index is 5.76. The molecule has 1 atom stereocenters. The second kappa shape index (κ2) is 3.10. The second-order valence-corrected chi connectivity index (χ2v) is 4.95. The SMILES string of the molecule is ClC1CCCSS1. The van der Waals surface area contributed by atoms with Gasteiger partial charge in [-0.05, 0) is 12.8 Å². The van der Waals surface area contributed by atoms with Crippen molar-refractivity contribution in [3.05, 3.63) is 0 Å². The summed E-state index contributed by atoms with van der Waals surface area (Å²) in [4.78, 5) is 0. The molecule has 1 heterocycles. The van der Waals surface area contributed by atoms with E-state index in [0.717, 1.165) is 0 Å². The fourth-order valence-corrected chi connectivity index (χ4v) is 3.26. The van der Waals surface area contributed by atoms with E-state index in [-0.39, 0.29) is 0 Å². The van der Waals surface area contributed by atoms with Gasteiger partial charge in [0.05, 0.1) is 4.71 Å². The summed E-state index contributed by atoms with van der Waals surface area (Å²) in [6.45, 7) is 0. The summed E-state index contributed by atoms with van der Waals surface area (Å²) in [5, 5.41) is 0. The third kappa shape index (κ3) is 2.15. The van der Waals surface area contributed by atoms with Gasteiger partial charge in [0, 0.05) is 5.75 Å². The Balaban J connectivity index is 2.12. The van der Waals surface area contributed by atoms with Crippen molar-refractivity contribution in [2.24, 2.45) is 0 Å². The normalized spacial score (nSPS) is 33.0. The van der Waals surface area contributed by atoms with Crippen molar-refractivity contribution < 1.29 is 0 Å². The first-order valence-corrected chi connectivity index (χ1v) is 5.14. The van der Waals surface area contributed by atoms with Crippen LogP contribution in [0, 0.1) is 0 Å². The molecule has 0 aliphatic carbocycles. The number of rotatable bonds is 0. The molecule has 0 amide bonds. The molecule has 1 saturated heterocycles. The Morgan fingerprint density at radius 3 is 2.71 bits per heavy atom. The van der Waals surface area contributed by atoms with E-state index in [1.165, 1.54) is 18.6 Å². The van der Waals surface area contributed by atoms with E-state index in [1.807, 2.05) is 10.8 Å². The Morgan fingerprint density at radius 1 is 1.57 bits per heavy atom. The van der Waals surface area contributed by atoms with Crippen LogP contribution < -0.4 is 0 Å². The molecule has 1 rings (SSSR count). The average Bonchev–Trinajstić information content (AvgIpc) is 1.69. The van der Waals surface area contributed by atoms with Crippen molar-refractivity contribution in [3.63, 3.8) is 0 Å². The van der Waals surface area contributed by atoms with Crippen molar-refractivity contribution in [3.8, 4) is 0 Å². The maximum atomic E-state index is 5.76. The van der Waals surface area contributed by atoms with Crippen LogP contribution in [0.15, 0.2) is 0 Å². The molecule has 0 aromatic carbocycles. The highest BCUT2D eigenvalue weighted by Gasteiger charge is 2.09. The highest BCUT2D eigenvalue weighted by molar-refractivity contribution is 8.77. The standard InChI is InChI=1S/C4H7ClS2/c5-4-2-1-3-6-7-4/h4H,1-3H2. The summed E-state index contributed by atoms with van der Waals surface area (Å²) < 4.78 is 0.388. The van der Waals surface area contributed by atoms with Crippen molar-refractivity contribution >= 4 is 33.2 Å². The Bertz CT molecular complexity index is 51.7. The smallest absolute Gasteiger partial charge is 0.0892 e. The molecule has 1 aliphatic rings. The van der Waals surface area contributed by atoms with Crippen LogP contribution in [0.4, 0.5) is 0 Å². The summed E-state index contributed by atoms with van der Waals surface area (Å²) >= 11 is 5.76. The van der Waals surface area contributed by atoms with Gasteiger partial charge in [-0.15, -0.1) is 11.6 Å². The molecule has 0 radical (unpaired) electrons. The van der Waals surface area contributed by atoms with Crippen LogP contribution in [0.1, 0.15) is 12.8 Å². The molecule has 1 unspecified atom stereocenters. The van der Waals surface area contributed by atoms with Gasteiger partial charge in [-0.1, -0.05) is 21.6 Å². The zero-order valence-electron chi connectivity index (χ0n) is 3.89. The first kappa shape index (κ1) is 6.12. The van der Waals surface area contributed by atoms with Crippen molar-refractivity contribution in [1.82, 2.24) is 0 Å². The largest absolute Gasteiger partial charge is 0.110 e. The molecule has 1 fully saturated rings. The van der Waals surface area contributed by atoms with Crippen molar-refractivity contribution in [2.75, 3.05) is 5.75 Å². The molecule has 0 nitrogen and oxygen atoms in total. The van der Waals surface area contributed by atoms with Gasteiger partial charge in [-0.25, -0.2) is 0 Å². The molecule has 7 heavy (non-hydrogen) atoms. The quantitative estimate of drug-likeness (QED) is 0.389. The van der Waals surface area contributed by atoms with Gasteiger partial charge in [-0.2, -0.15) is 0 Å². The van der Waals surface area contributed by atoms with Crippen LogP contribution in [0.25, 0.3) is 0 Å². The van der Waals surface area contributed by atoms with Gasteiger partial charge in [0.2, 0.25) is 0 Å². The van der Waals surface area contributed by atoms with Gasteiger partial charge < -0.3 is 0 Å². The highest BCUT2D eigenvalue weighted by Crippen LogP contribution is 2.37. The summed E-state index contributed by atoms with van der Waals surface area (Å²) in [5.74, 6) is 1.29. The topological polar surface area (TPSA) is 0 Å². The lowest BCUT2D eigenvalue weighted by Crippen LogP contribution is -1.96. The molecule has 0 N–H and O–H groups in total. The summed E-state index contributed by atoms with van der Waals surface area (Å²) in [6.07, 6.45) is 2.49. The zero-order chi connectivity index (χ0) is 5.11. The first-order chi connectivity index (χ1) is 3.39.